The van der Waals surface area contributed by atoms with E-state index in [0.717, 1.165) is 25.8 Å². The fourth-order valence-electron chi connectivity index (χ4n) is 2.84. The molecule has 0 saturated heterocycles. The van der Waals surface area contributed by atoms with Gasteiger partial charge in [-0.05, 0) is 54.4 Å². The molecule has 4 nitrogen and oxygen atoms in total. The average Bonchev–Trinajstić information content (AvgIpc) is 3.12. The predicted octanol–water partition coefficient (Wildman–Crippen LogP) is 5.61. The molecule has 1 amide bonds. The van der Waals surface area contributed by atoms with Crippen molar-refractivity contribution in [3.63, 3.8) is 0 Å². The molecule has 0 aliphatic carbocycles. The molecule has 6 heteroatoms. The van der Waals surface area contributed by atoms with Gasteiger partial charge in [0.25, 0.3) is 5.91 Å². The van der Waals surface area contributed by atoms with Crippen LogP contribution in [0.2, 0.25) is 0 Å². The zero-order valence-corrected chi connectivity index (χ0v) is 17.0. The van der Waals surface area contributed by atoms with E-state index in [1.807, 2.05) is 61.5 Å². The molecular formula is C21H16BrN3OS. The molecule has 0 N–H and O–H groups in total. The lowest BCUT2D eigenvalue weighted by atomic mass is 10.2. The fourth-order valence-corrected chi connectivity index (χ4v) is 4.14. The summed E-state index contributed by atoms with van der Waals surface area (Å²) < 4.78 is 2.01. The molecule has 4 rings (SSSR count). The van der Waals surface area contributed by atoms with Gasteiger partial charge in [0, 0.05) is 22.4 Å². The van der Waals surface area contributed by atoms with Crippen LogP contribution in [0.15, 0.2) is 71.5 Å². The monoisotopic (exact) mass is 437 g/mol. The minimum atomic E-state index is -0.0805. The van der Waals surface area contributed by atoms with Gasteiger partial charge in [-0.1, -0.05) is 45.5 Å². The summed E-state index contributed by atoms with van der Waals surface area (Å²) in [5, 5.41) is 0.691. The zero-order valence-electron chi connectivity index (χ0n) is 14.6. The summed E-state index contributed by atoms with van der Waals surface area (Å²) in [4.78, 5) is 23.9. The van der Waals surface area contributed by atoms with Crippen LogP contribution in [0.4, 0.5) is 5.13 Å². The molecule has 2 heterocycles. The third-order valence-electron chi connectivity index (χ3n) is 4.24. The summed E-state index contributed by atoms with van der Waals surface area (Å²) in [7, 11) is 0. The van der Waals surface area contributed by atoms with Gasteiger partial charge in [0.2, 0.25) is 0 Å². The minimum Gasteiger partial charge on any atom is -0.279 e. The first-order valence-electron chi connectivity index (χ1n) is 8.44. The Balaban J connectivity index is 1.78. The Bertz CT molecular complexity index is 1090. The number of hydrogen-bond donors (Lipinski definition) is 0. The van der Waals surface area contributed by atoms with Gasteiger partial charge in [-0.2, -0.15) is 0 Å². The average molecular weight is 438 g/mol. The highest BCUT2D eigenvalue weighted by atomic mass is 79.9. The van der Waals surface area contributed by atoms with Crippen LogP contribution in [0, 0.1) is 6.92 Å². The Hall–Kier alpha value is -2.57. The van der Waals surface area contributed by atoms with Crippen LogP contribution in [0.1, 0.15) is 21.5 Å². The Morgan fingerprint density at radius 3 is 2.63 bits per heavy atom. The number of aromatic nitrogens is 2. The van der Waals surface area contributed by atoms with Crippen LogP contribution >= 0.6 is 27.3 Å². The second kappa shape index (κ2) is 7.58. The molecule has 0 atom stereocenters. The van der Waals surface area contributed by atoms with Gasteiger partial charge in [-0.15, -0.1) is 0 Å². The number of fused-ring (bicyclic) bond motifs is 1. The van der Waals surface area contributed by atoms with E-state index >= 15 is 0 Å². The highest BCUT2D eigenvalue weighted by Crippen LogP contribution is 2.32. The first kappa shape index (κ1) is 17.8. The van der Waals surface area contributed by atoms with Crippen molar-refractivity contribution in [2.24, 2.45) is 0 Å². The molecule has 4 aromatic rings. The van der Waals surface area contributed by atoms with Crippen molar-refractivity contribution in [2.45, 2.75) is 13.5 Å². The first-order chi connectivity index (χ1) is 13.1. The number of nitrogens with zero attached hydrogens (tertiary/aromatic N) is 3. The molecule has 0 radical (unpaired) electrons. The molecule has 2 aromatic carbocycles. The molecule has 0 saturated carbocycles. The Labute approximate surface area is 169 Å². The van der Waals surface area contributed by atoms with Crippen LogP contribution < -0.4 is 4.90 Å². The van der Waals surface area contributed by atoms with Crippen molar-refractivity contribution < 1.29 is 4.79 Å². The molecule has 0 fully saturated rings. The molecule has 0 aliphatic rings. The topological polar surface area (TPSA) is 46.1 Å². The Kier molecular flexibility index (Phi) is 5.01. The van der Waals surface area contributed by atoms with E-state index in [9.17, 15) is 4.79 Å². The van der Waals surface area contributed by atoms with E-state index in [1.165, 1.54) is 11.3 Å². The van der Waals surface area contributed by atoms with Gasteiger partial charge in [0.1, 0.15) is 0 Å². The van der Waals surface area contributed by atoms with Crippen molar-refractivity contribution in [1.82, 2.24) is 9.97 Å². The van der Waals surface area contributed by atoms with Crippen LogP contribution in [0.25, 0.3) is 10.2 Å². The summed E-state index contributed by atoms with van der Waals surface area (Å²) in [5.41, 5.74) is 3.63. The molecule has 0 unspecified atom stereocenters. The number of aryl methyl sites for hydroxylation is 1. The van der Waals surface area contributed by atoms with E-state index in [4.69, 9.17) is 4.98 Å². The van der Waals surface area contributed by atoms with E-state index < -0.39 is 0 Å². The fraction of sp³-hybridized carbons (Fsp3) is 0.0952. The van der Waals surface area contributed by atoms with E-state index in [2.05, 4.69) is 20.9 Å². The minimum absolute atomic E-state index is 0.0805. The normalized spacial score (nSPS) is 10.9. The molecule has 0 aliphatic heterocycles. The van der Waals surface area contributed by atoms with Gasteiger partial charge in [0.15, 0.2) is 5.13 Å². The molecular weight excluding hydrogens is 422 g/mol. The number of halogens is 1. The third kappa shape index (κ3) is 3.77. The maximum absolute atomic E-state index is 13.3. The first-order valence-corrected chi connectivity index (χ1v) is 10.1. The Morgan fingerprint density at radius 2 is 1.93 bits per heavy atom. The highest BCUT2D eigenvalue weighted by Gasteiger charge is 2.22. The van der Waals surface area contributed by atoms with Crippen molar-refractivity contribution >= 4 is 48.5 Å². The number of amides is 1. The number of thiazole rings is 1. The zero-order chi connectivity index (χ0) is 18.8. The maximum atomic E-state index is 13.3. The standard InChI is InChI=1S/C21H16BrN3OS/c1-14-4-2-6-18-19(14)24-21(27-18)25(13-15-5-3-11-23-12-15)20(26)16-7-9-17(22)10-8-16/h2-12H,13H2,1H3. The lowest BCUT2D eigenvalue weighted by molar-refractivity contribution is 0.0985. The second-order valence-corrected chi connectivity index (χ2v) is 8.10. The van der Waals surface area contributed by atoms with E-state index in [0.29, 0.717) is 17.2 Å². The number of hydrogen-bond acceptors (Lipinski definition) is 4. The summed E-state index contributed by atoms with van der Waals surface area (Å²) in [5.74, 6) is -0.0805. The van der Waals surface area contributed by atoms with Gasteiger partial charge < -0.3 is 0 Å². The summed E-state index contributed by atoms with van der Waals surface area (Å²) >= 11 is 4.95. The molecule has 27 heavy (non-hydrogen) atoms. The quantitative estimate of drug-likeness (QED) is 0.416. The number of carbonyl (C=O) groups is 1. The van der Waals surface area contributed by atoms with Crippen molar-refractivity contribution in [3.05, 3.63) is 88.2 Å². The number of anilines is 1. The smallest absolute Gasteiger partial charge is 0.260 e. The van der Waals surface area contributed by atoms with Crippen molar-refractivity contribution in [1.29, 1.82) is 0 Å². The van der Waals surface area contributed by atoms with Crippen molar-refractivity contribution in [2.75, 3.05) is 4.90 Å². The lowest BCUT2D eigenvalue weighted by Crippen LogP contribution is -2.30. The van der Waals surface area contributed by atoms with Gasteiger partial charge >= 0.3 is 0 Å². The summed E-state index contributed by atoms with van der Waals surface area (Å²) in [6.45, 7) is 2.45. The number of para-hydroxylation sites is 1. The van der Waals surface area contributed by atoms with E-state index in [1.54, 1.807) is 17.3 Å². The molecule has 0 bridgehead atoms. The largest absolute Gasteiger partial charge is 0.279 e. The molecule has 2 aromatic heterocycles. The SMILES string of the molecule is Cc1cccc2sc(N(Cc3cccnc3)C(=O)c3ccc(Br)cc3)nc12. The number of benzene rings is 2. The number of rotatable bonds is 4. The Morgan fingerprint density at radius 1 is 1.11 bits per heavy atom. The summed E-state index contributed by atoms with van der Waals surface area (Å²) in [6.07, 6.45) is 3.51. The second-order valence-electron chi connectivity index (χ2n) is 6.18. The van der Waals surface area contributed by atoms with Crippen LogP contribution in [-0.4, -0.2) is 15.9 Å². The lowest BCUT2D eigenvalue weighted by Gasteiger charge is -2.20. The van der Waals surface area contributed by atoms with Gasteiger partial charge in [-0.25, -0.2) is 4.98 Å². The van der Waals surface area contributed by atoms with Gasteiger partial charge in [-0.3, -0.25) is 14.7 Å². The molecule has 134 valence electrons. The third-order valence-corrected chi connectivity index (χ3v) is 5.81. The van der Waals surface area contributed by atoms with Crippen molar-refractivity contribution in [3.8, 4) is 0 Å². The molecule has 0 spiro atoms. The maximum Gasteiger partial charge on any atom is 0.260 e. The van der Waals surface area contributed by atoms with Gasteiger partial charge in [0.05, 0.1) is 16.8 Å². The number of carbonyl (C=O) groups excluding carboxylic acids is 1. The highest BCUT2D eigenvalue weighted by molar-refractivity contribution is 9.10. The van der Waals surface area contributed by atoms with Crippen LogP contribution in [0.3, 0.4) is 0 Å². The van der Waals surface area contributed by atoms with Crippen LogP contribution in [0.5, 0.6) is 0 Å². The van der Waals surface area contributed by atoms with Crippen LogP contribution in [-0.2, 0) is 6.54 Å². The van der Waals surface area contributed by atoms with E-state index in [-0.39, 0.29) is 5.91 Å². The number of pyridine rings is 1. The predicted molar refractivity (Wildman–Crippen MR) is 113 cm³/mol. The summed E-state index contributed by atoms with van der Waals surface area (Å²) in [6, 6.07) is 17.3.